The summed E-state index contributed by atoms with van der Waals surface area (Å²) < 4.78 is 0. The summed E-state index contributed by atoms with van der Waals surface area (Å²) in [6.07, 6.45) is 0.113. The molecule has 0 unspecified atom stereocenters. The summed E-state index contributed by atoms with van der Waals surface area (Å²) in [5, 5.41) is 48.4. The second kappa shape index (κ2) is 12.8. The van der Waals surface area contributed by atoms with Gasteiger partial charge in [-0.3, -0.25) is 29.0 Å². The van der Waals surface area contributed by atoms with Gasteiger partial charge in [0.15, 0.2) is 11.4 Å². The molecule has 3 aliphatic carbocycles. The number of nitrogens with zero attached hydrogens (tertiary/aromatic N) is 2. The van der Waals surface area contributed by atoms with Gasteiger partial charge < -0.3 is 31.5 Å². The Balaban J connectivity index is 1.54. The van der Waals surface area contributed by atoms with Gasteiger partial charge in [0, 0.05) is 42.2 Å². The average molecular weight is 661 g/mol. The number of aliphatic hydroxyl groups is 3. The zero-order valence-electron chi connectivity index (χ0n) is 28.1. The molecule has 5 rings (SSSR count). The molecule has 0 aromatic heterocycles. The fourth-order valence-electron chi connectivity index (χ4n) is 7.86. The van der Waals surface area contributed by atoms with Crippen molar-refractivity contribution in [3.8, 4) is 16.9 Å². The molecule has 0 heterocycles. The molecule has 2 aromatic carbocycles. The van der Waals surface area contributed by atoms with Crippen LogP contribution in [0.4, 0.5) is 0 Å². The number of amides is 2. The number of benzene rings is 2. The minimum Gasteiger partial charge on any atom is -0.508 e. The number of hydrogen-bond acceptors (Lipinski definition) is 10. The van der Waals surface area contributed by atoms with Crippen LogP contribution in [0.3, 0.4) is 0 Å². The smallest absolute Gasteiger partial charge is 0.255 e. The van der Waals surface area contributed by atoms with Crippen molar-refractivity contribution in [2.24, 2.45) is 17.6 Å². The van der Waals surface area contributed by atoms with E-state index in [1.807, 2.05) is 0 Å². The third-order valence-corrected chi connectivity index (χ3v) is 10.0. The predicted molar refractivity (Wildman–Crippen MR) is 179 cm³/mol. The highest BCUT2D eigenvalue weighted by atomic mass is 16.3. The molecule has 0 bridgehead atoms. The van der Waals surface area contributed by atoms with E-state index in [-0.39, 0.29) is 35.6 Å². The molecular formula is C36H44N4O8. The van der Waals surface area contributed by atoms with E-state index in [1.165, 1.54) is 11.0 Å². The van der Waals surface area contributed by atoms with Gasteiger partial charge in [0.2, 0.25) is 5.78 Å². The van der Waals surface area contributed by atoms with Crippen molar-refractivity contribution in [1.29, 1.82) is 0 Å². The minimum absolute atomic E-state index is 0.0129. The van der Waals surface area contributed by atoms with Crippen molar-refractivity contribution in [1.82, 2.24) is 15.1 Å². The number of nitrogens with two attached hydrogens (primary N) is 1. The normalized spacial score (nSPS) is 23.9. The molecule has 3 aliphatic rings. The lowest BCUT2D eigenvalue weighted by molar-refractivity contribution is -0.153. The number of phenols is 1. The lowest BCUT2D eigenvalue weighted by Crippen LogP contribution is -2.65. The summed E-state index contributed by atoms with van der Waals surface area (Å²) >= 11 is 0. The molecular weight excluding hydrogens is 616 g/mol. The molecule has 7 N–H and O–H groups in total. The number of fused-ring (bicyclic) bond motifs is 3. The number of hydrogen-bond donors (Lipinski definition) is 6. The van der Waals surface area contributed by atoms with Crippen LogP contribution in [0.1, 0.15) is 55.6 Å². The maximum absolute atomic E-state index is 14.1. The van der Waals surface area contributed by atoms with Crippen LogP contribution < -0.4 is 11.1 Å². The van der Waals surface area contributed by atoms with Gasteiger partial charge in [-0.15, -0.1) is 0 Å². The Morgan fingerprint density at radius 3 is 2.31 bits per heavy atom. The predicted octanol–water partition coefficient (Wildman–Crippen LogP) is 2.48. The first-order valence-corrected chi connectivity index (χ1v) is 16.2. The number of carbonyl (C=O) groups excluding carboxylic acids is 4. The van der Waals surface area contributed by atoms with E-state index in [2.05, 4.69) is 37.9 Å². The maximum Gasteiger partial charge on any atom is 0.255 e. The molecule has 2 amide bonds. The number of rotatable bonds is 9. The van der Waals surface area contributed by atoms with Crippen molar-refractivity contribution in [2.45, 2.75) is 64.3 Å². The Bertz CT molecular complexity index is 1750. The number of ketones is 2. The first kappa shape index (κ1) is 34.8. The summed E-state index contributed by atoms with van der Waals surface area (Å²) in [5.74, 6) is -7.32. The first-order valence-electron chi connectivity index (χ1n) is 16.2. The highest BCUT2D eigenvalue weighted by Crippen LogP contribution is 2.53. The summed E-state index contributed by atoms with van der Waals surface area (Å²) in [7, 11) is 3.11. The number of carbonyl (C=O) groups is 4. The Morgan fingerprint density at radius 1 is 1.04 bits per heavy atom. The molecule has 0 saturated heterocycles. The topological polar surface area (TPSA) is 194 Å². The number of aromatic hydroxyl groups is 1. The largest absolute Gasteiger partial charge is 0.508 e. The van der Waals surface area contributed by atoms with Crippen LogP contribution in [0.25, 0.3) is 16.9 Å². The average Bonchev–Trinajstić information content (AvgIpc) is 3.00. The van der Waals surface area contributed by atoms with E-state index < -0.39 is 58.0 Å². The summed E-state index contributed by atoms with van der Waals surface area (Å²) in [4.78, 5) is 56.6. The van der Waals surface area contributed by atoms with Crippen LogP contribution in [-0.2, 0) is 20.8 Å². The maximum atomic E-state index is 14.1. The van der Waals surface area contributed by atoms with Crippen LogP contribution >= 0.6 is 0 Å². The van der Waals surface area contributed by atoms with E-state index in [4.69, 9.17) is 5.73 Å². The first-order chi connectivity index (χ1) is 22.5. The highest BCUT2D eigenvalue weighted by molar-refractivity contribution is 6.24. The molecule has 48 heavy (non-hydrogen) atoms. The SMILES string of the molecule is CC(C)N(CCNC(=O)c1cccc(-c2ccc(O)c3c2C[C@H]2C[C@H]4[C@H](N(C)C)C(=O)C(C(N)=O)=C(O)[C@@]4(O)C(=O)C2=C3O)c1)C(C)C. The van der Waals surface area contributed by atoms with E-state index in [0.29, 0.717) is 47.4 Å². The molecule has 0 spiro atoms. The fourth-order valence-corrected chi connectivity index (χ4v) is 7.86. The van der Waals surface area contributed by atoms with Gasteiger partial charge in [0.1, 0.15) is 22.8 Å². The van der Waals surface area contributed by atoms with Crippen molar-refractivity contribution in [3.05, 3.63) is 70.0 Å². The quantitative estimate of drug-likeness (QED) is 0.218. The molecule has 1 saturated carbocycles. The Hall–Kier alpha value is -4.52. The zero-order chi connectivity index (χ0) is 35.4. The van der Waals surface area contributed by atoms with E-state index in [9.17, 15) is 39.6 Å². The zero-order valence-corrected chi connectivity index (χ0v) is 28.1. The second-order valence-corrected chi connectivity index (χ2v) is 13.7. The van der Waals surface area contributed by atoms with Gasteiger partial charge in [-0.2, -0.15) is 0 Å². The molecule has 0 aliphatic heterocycles. The summed E-state index contributed by atoms with van der Waals surface area (Å²) in [5.41, 5.74) is 3.79. The van der Waals surface area contributed by atoms with Crippen molar-refractivity contribution >= 4 is 29.1 Å². The number of Topliss-reactive ketones (excluding diaryl/α,β-unsaturated/α-hetero) is 2. The van der Waals surface area contributed by atoms with E-state index in [0.717, 1.165) is 0 Å². The molecule has 12 heteroatoms. The molecule has 12 nitrogen and oxygen atoms in total. The number of phenolic OH excluding ortho intramolecular Hbond substituents is 1. The van der Waals surface area contributed by atoms with Crippen LogP contribution in [0, 0.1) is 11.8 Å². The number of aliphatic hydroxyl groups excluding tert-OH is 2. The molecule has 4 atom stereocenters. The van der Waals surface area contributed by atoms with Gasteiger partial charge in [-0.05, 0) is 95.4 Å². The number of nitrogens with one attached hydrogen (secondary N) is 1. The lowest BCUT2D eigenvalue weighted by atomic mass is 9.57. The van der Waals surface area contributed by atoms with Crippen LogP contribution in [0.5, 0.6) is 5.75 Å². The van der Waals surface area contributed by atoms with Crippen LogP contribution in [-0.4, -0.2) is 105 Å². The molecule has 256 valence electrons. The number of primary amides is 1. The van der Waals surface area contributed by atoms with Crippen molar-refractivity contribution < 1.29 is 39.6 Å². The standard InChI is InChI=1S/C36H44N4O8/c1-17(2)40(18(3)4)13-12-38-35(47)20-9-7-8-19(14-20)22-10-11-25(41)27-23(22)15-21-16-24-29(39(5)6)31(43)28(34(37)46)33(45)36(24,48)32(44)26(21)30(27)42/h7-11,14,17-18,21,24,29,41-42,45,48H,12-13,15-16H2,1-6H3,(H2,37,46)(H,38,47)/t21-,24-,29-,36-/m0/s1. The molecule has 1 fully saturated rings. The van der Waals surface area contributed by atoms with Crippen LogP contribution in [0.2, 0.25) is 0 Å². The Morgan fingerprint density at radius 2 is 1.71 bits per heavy atom. The van der Waals surface area contributed by atoms with Crippen LogP contribution in [0.15, 0.2) is 53.3 Å². The van der Waals surface area contributed by atoms with Crippen molar-refractivity contribution in [2.75, 3.05) is 27.2 Å². The monoisotopic (exact) mass is 660 g/mol. The number of likely N-dealkylation sites (N-methyl/N-ethyl adjacent to an activating group) is 1. The highest BCUT2D eigenvalue weighted by Gasteiger charge is 2.64. The molecule has 0 radical (unpaired) electrons. The summed E-state index contributed by atoms with van der Waals surface area (Å²) in [6.45, 7) is 9.59. The molecule has 2 aromatic rings. The minimum atomic E-state index is -2.71. The fraction of sp³-hybridized carbons (Fsp3) is 0.444. The third-order valence-electron chi connectivity index (χ3n) is 10.0. The van der Waals surface area contributed by atoms with Crippen molar-refractivity contribution in [3.63, 3.8) is 0 Å². The Labute approximate surface area is 279 Å². The van der Waals surface area contributed by atoms with Gasteiger partial charge in [0.05, 0.1) is 11.6 Å². The van der Waals surface area contributed by atoms with Gasteiger partial charge in [0.25, 0.3) is 11.8 Å². The van der Waals surface area contributed by atoms with Gasteiger partial charge >= 0.3 is 0 Å². The van der Waals surface area contributed by atoms with E-state index in [1.54, 1.807) is 44.4 Å². The second-order valence-electron chi connectivity index (χ2n) is 13.7. The third kappa shape index (κ3) is 5.57. The van der Waals surface area contributed by atoms with E-state index >= 15 is 0 Å². The Kier molecular flexibility index (Phi) is 9.30. The van der Waals surface area contributed by atoms with Gasteiger partial charge in [-0.1, -0.05) is 18.2 Å². The summed E-state index contributed by atoms with van der Waals surface area (Å²) in [6, 6.07) is 9.50. The van der Waals surface area contributed by atoms with Gasteiger partial charge in [-0.25, -0.2) is 0 Å². The lowest BCUT2D eigenvalue weighted by Gasteiger charge is -2.50.